The quantitative estimate of drug-likeness (QED) is 0.355. The molecule has 0 aliphatic heterocycles. The molecule has 0 radical (unpaired) electrons. The Hall–Kier alpha value is -1.35. The van der Waals surface area contributed by atoms with Crippen LogP contribution in [0.2, 0.25) is 0 Å². The molecule has 0 amide bonds. The average Bonchev–Trinajstić information content (AvgIpc) is 2.89. The molecule has 0 aliphatic carbocycles. The van der Waals surface area contributed by atoms with Crippen LogP contribution in [0.1, 0.15) is 36.3 Å². The van der Waals surface area contributed by atoms with Gasteiger partial charge in [-0.1, -0.05) is 6.92 Å². The van der Waals surface area contributed by atoms with Gasteiger partial charge in [0.05, 0.1) is 16.8 Å². The van der Waals surface area contributed by atoms with Crippen molar-refractivity contribution >= 4 is 47.0 Å². The van der Waals surface area contributed by atoms with Crippen molar-refractivity contribution in [2.24, 2.45) is 10.7 Å². The highest BCUT2D eigenvalue weighted by molar-refractivity contribution is 14.0. The van der Waals surface area contributed by atoms with Crippen molar-refractivity contribution in [2.45, 2.75) is 46.6 Å². The van der Waals surface area contributed by atoms with Crippen molar-refractivity contribution < 1.29 is 4.74 Å². The van der Waals surface area contributed by atoms with Crippen LogP contribution >= 0.6 is 35.3 Å². The molecule has 0 spiro atoms. The maximum absolute atomic E-state index is 5.94. The molecule has 2 rings (SSSR count). The first-order chi connectivity index (χ1) is 11.5. The number of aliphatic imine (C=N–C) groups is 1. The lowest BCUT2D eigenvalue weighted by Crippen LogP contribution is -2.23. The predicted molar refractivity (Wildman–Crippen MR) is 118 cm³/mol. The van der Waals surface area contributed by atoms with Gasteiger partial charge in [-0.2, -0.15) is 0 Å². The maximum atomic E-state index is 5.94. The zero-order valence-corrected chi connectivity index (χ0v) is 18.4. The lowest BCUT2D eigenvalue weighted by molar-refractivity contribution is 0.242. The highest BCUT2D eigenvalue weighted by atomic mass is 127. The summed E-state index contributed by atoms with van der Waals surface area (Å²) in [6.45, 7) is 8.88. The molecule has 0 aliphatic rings. The number of aromatic nitrogens is 1. The molecule has 1 aromatic heterocycles. The number of anilines is 1. The number of halogens is 1. The van der Waals surface area contributed by atoms with E-state index in [4.69, 9.17) is 10.5 Å². The van der Waals surface area contributed by atoms with Crippen molar-refractivity contribution in [3.8, 4) is 5.75 Å². The molecule has 3 N–H and O–H groups in total. The van der Waals surface area contributed by atoms with Gasteiger partial charge in [-0.15, -0.1) is 35.3 Å². The number of ether oxygens (including phenoxy) is 1. The zero-order chi connectivity index (χ0) is 17.5. The summed E-state index contributed by atoms with van der Waals surface area (Å²) in [5, 5.41) is 4.21. The van der Waals surface area contributed by atoms with E-state index in [-0.39, 0.29) is 30.1 Å². The minimum absolute atomic E-state index is 0. The number of rotatable bonds is 7. The molecule has 0 bridgehead atoms. The molecule has 138 valence electrons. The van der Waals surface area contributed by atoms with Crippen LogP contribution in [0.25, 0.3) is 0 Å². The van der Waals surface area contributed by atoms with Crippen molar-refractivity contribution in [3.63, 3.8) is 0 Å². The van der Waals surface area contributed by atoms with Crippen LogP contribution in [-0.2, 0) is 12.8 Å². The van der Waals surface area contributed by atoms with Crippen LogP contribution in [0.3, 0.4) is 0 Å². The number of nitrogens with two attached hydrogens (primary N) is 1. The van der Waals surface area contributed by atoms with Crippen LogP contribution in [-0.4, -0.2) is 23.6 Å². The molecule has 7 heteroatoms. The predicted octanol–water partition coefficient (Wildman–Crippen LogP) is 4.39. The summed E-state index contributed by atoms with van der Waals surface area (Å²) in [5.74, 6) is 1.26. The van der Waals surface area contributed by atoms with Gasteiger partial charge in [0.25, 0.3) is 0 Å². The molecule has 0 saturated carbocycles. The van der Waals surface area contributed by atoms with Gasteiger partial charge in [-0.3, -0.25) is 4.99 Å². The van der Waals surface area contributed by atoms with E-state index >= 15 is 0 Å². The molecule has 0 fully saturated rings. The highest BCUT2D eigenvalue weighted by Crippen LogP contribution is 2.18. The smallest absolute Gasteiger partial charge is 0.193 e. The molecule has 2 aromatic rings. The van der Waals surface area contributed by atoms with Gasteiger partial charge in [-0.25, -0.2) is 4.98 Å². The van der Waals surface area contributed by atoms with Crippen LogP contribution in [0, 0.1) is 6.92 Å². The van der Waals surface area contributed by atoms with E-state index in [1.165, 1.54) is 10.6 Å². The number of hydrogen-bond acceptors (Lipinski definition) is 4. The molecule has 1 aromatic carbocycles. The average molecular weight is 474 g/mol. The highest BCUT2D eigenvalue weighted by Gasteiger charge is 2.05. The largest absolute Gasteiger partial charge is 0.491 e. The number of aryl methyl sites for hydroxylation is 2. The van der Waals surface area contributed by atoms with Gasteiger partial charge in [0, 0.05) is 23.5 Å². The lowest BCUT2D eigenvalue weighted by Gasteiger charge is -2.10. The Morgan fingerprint density at radius 3 is 2.56 bits per heavy atom. The van der Waals surface area contributed by atoms with E-state index in [9.17, 15) is 0 Å². The molecular formula is C18H27IN4OS. The summed E-state index contributed by atoms with van der Waals surface area (Å²) >= 11 is 1.75. The summed E-state index contributed by atoms with van der Waals surface area (Å²) in [5.41, 5.74) is 8.02. The summed E-state index contributed by atoms with van der Waals surface area (Å²) in [6.07, 6.45) is 1.96. The normalized spacial score (nSPS) is 11.3. The van der Waals surface area contributed by atoms with Gasteiger partial charge in [-0.05, 0) is 51.5 Å². The van der Waals surface area contributed by atoms with Crippen molar-refractivity contribution in [3.05, 3.63) is 39.8 Å². The number of guanidine groups is 1. The molecule has 25 heavy (non-hydrogen) atoms. The second-order valence-corrected chi connectivity index (χ2v) is 7.08. The van der Waals surface area contributed by atoms with Crippen molar-refractivity contribution in [2.75, 3.05) is 11.9 Å². The third-order valence-corrected chi connectivity index (χ3v) is 4.45. The Morgan fingerprint density at radius 1 is 1.32 bits per heavy atom. The maximum Gasteiger partial charge on any atom is 0.193 e. The number of nitrogens with one attached hydrogen (secondary N) is 1. The SMILES string of the molecule is CCc1nc(CCN=C(N)Nc2ccc(OC(C)C)cc2)sc1C.I. The Bertz CT molecular complexity index is 683. The second kappa shape index (κ2) is 10.6. The van der Waals surface area contributed by atoms with E-state index in [1.807, 2.05) is 38.1 Å². The molecular weight excluding hydrogens is 447 g/mol. The number of hydrogen-bond donors (Lipinski definition) is 2. The molecule has 5 nitrogen and oxygen atoms in total. The fraction of sp³-hybridized carbons (Fsp3) is 0.444. The van der Waals surface area contributed by atoms with E-state index in [2.05, 4.69) is 29.1 Å². The lowest BCUT2D eigenvalue weighted by atomic mass is 10.3. The molecule has 1 heterocycles. The van der Waals surface area contributed by atoms with E-state index < -0.39 is 0 Å². The fourth-order valence-corrected chi connectivity index (χ4v) is 3.28. The summed E-state index contributed by atoms with van der Waals surface area (Å²) < 4.78 is 5.61. The Morgan fingerprint density at radius 2 is 2.00 bits per heavy atom. The first-order valence-corrected chi connectivity index (χ1v) is 9.08. The third-order valence-electron chi connectivity index (χ3n) is 3.38. The monoisotopic (exact) mass is 474 g/mol. The van der Waals surface area contributed by atoms with E-state index in [1.54, 1.807) is 11.3 Å². The van der Waals surface area contributed by atoms with Crippen LogP contribution in [0.5, 0.6) is 5.75 Å². The number of benzene rings is 1. The summed E-state index contributed by atoms with van der Waals surface area (Å²) in [4.78, 5) is 10.3. The van der Waals surface area contributed by atoms with E-state index in [0.717, 1.165) is 29.3 Å². The van der Waals surface area contributed by atoms with Gasteiger partial charge < -0.3 is 15.8 Å². The van der Waals surface area contributed by atoms with Gasteiger partial charge >= 0.3 is 0 Å². The van der Waals surface area contributed by atoms with Crippen molar-refractivity contribution in [1.82, 2.24) is 4.98 Å². The Balaban J connectivity index is 0.00000312. The van der Waals surface area contributed by atoms with Gasteiger partial charge in [0.2, 0.25) is 0 Å². The van der Waals surface area contributed by atoms with Crippen LogP contribution < -0.4 is 15.8 Å². The van der Waals surface area contributed by atoms with Crippen LogP contribution in [0.15, 0.2) is 29.3 Å². The van der Waals surface area contributed by atoms with Gasteiger partial charge in [0.15, 0.2) is 5.96 Å². The zero-order valence-electron chi connectivity index (χ0n) is 15.2. The first kappa shape index (κ1) is 21.7. The van der Waals surface area contributed by atoms with Gasteiger partial charge in [0.1, 0.15) is 5.75 Å². The standard InChI is InChI=1S/C18H26N4OS.HI/c1-5-16-13(4)24-17(22-16)10-11-20-18(19)21-14-6-8-15(9-7-14)23-12(2)3;/h6-9,12H,5,10-11H2,1-4H3,(H3,19,20,21);1H. The number of thiazole rings is 1. The summed E-state index contributed by atoms with van der Waals surface area (Å²) in [7, 11) is 0. The molecule has 0 saturated heterocycles. The van der Waals surface area contributed by atoms with Crippen LogP contribution in [0.4, 0.5) is 5.69 Å². The number of nitrogens with zero attached hydrogens (tertiary/aromatic N) is 2. The van der Waals surface area contributed by atoms with Crippen molar-refractivity contribution in [1.29, 1.82) is 0 Å². The Kier molecular flexibility index (Phi) is 9.20. The first-order valence-electron chi connectivity index (χ1n) is 8.26. The van der Waals surface area contributed by atoms with E-state index in [0.29, 0.717) is 12.5 Å². The molecule has 0 unspecified atom stereocenters. The minimum Gasteiger partial charge on any atom is -0.491 e. The fourth-order valence-electron chi connectivity index (χ4n) is 2.27. The molecule has 0 atom stereocenters. The minimum atomic E-state index is 0. The summed E-state index contributed by atoms with van der Waals surface area (Å²) in [6, 6.07) is 7.69. The topological polar surface area (TPSA) is 72.5 Å². The second-order valence-electron chi connectivity index (χ2n) is 5.80. The third kappa shape index (κ3) is 7.19. The Labute approximate surface area is 171 Å².